The van der Waals surface area contributed by atoms with Crippen LogP contribution in [-0.2, 0) is 0 Å². The molecule has 0 spiro atoms. The summed E-state index contributed by atoms with van der Waals surface area (Å²) in [6, 6.07) is 0. The minimum Gasteiger partial charge on any atom is -0.444 e. The van der Waals surface area contributed by atoms with Crippen molar-refractivity contribution in [3.05, 3.63) is 16.8 Å². The maximum Gasteiger partial charge on any atom is 0.238 e. The summed E-state index contributed by atoms with van der Waals surface area (Å²) in [5.41, 5.74) is 2.34. The Morgan fingerprint density at radius 2 is 2.56 bits per heavy atom. The Bertz CT molecular complexity index is 326. The van der Waals surface area contributed by atoms with Gasteiger partial charge in [0.15, 0.2) is 0 Å². The van der Waals surface area contributed by atoms with E-state index in [0.717, 1.165) is 4.70 Å². The van der Waals surface area contributed by atoms with Gasteiger partial charge in [-0.15, -0.1) is 11.3 Å². The van der Waals surface area contributed by atoms with Crippen molar-refractivity contribution < 1.29 is 4.42 Å². The summed E-state index contributed by atoms with van der Waals surface area (Å²) < 4.78 is 5.88. The average molecular weight is 160 g/mol. The first kappa shape index (κ1) is 5.26. The van der Waals surface area contributed by atoms with Gasteiger partial charge in [0.2, 0.25) is 5.71 Å². The highest BCUT2D eigenvalue weighted by atomic mass is 35.5. The number of hydrogen-bond donors (Lipinski definition) is 0. The van der Waals surface area contributed by atoms with Crippen LogP contribution in [0.15, 0.2) is 16.2 Å². The van der Waals surface area contributed by atoms with Crippen LogP contribution in [0.1, 0.15) is 0 Å². The van der Waals surface area contributed by atoms with Gasteiger partial charge in [-0.3, -0.25) is 0 Å². The van der Waals surface area contributed by atoms with Crippen LogP contribution < -0.4 is 0 Å². The maximum absolute atomic E-state index is 5.69. The second-order valence-corrected chi connectivity index (χ2v) is 2.83. The van der Waals surface area contributed by atoms with Gasteiger partial charge in [0.25, 0.3) is 0 Å². The van der Waals surface area contributed by atoms with Gasteiger partial charge in [0.1, 0.15) is 11.0 Å². The van der Waals surface area contributed by atoms with E-state index in [2.05, 4.69) is 4.98 Å². The summed E-state index contributed by atoms with van der Waals surface area (Å²) in [5.74, 6) is 0. The van der Waals surface area contributed by atoms with E-state index in [4.69, 9.17) is 16.0 Å². The molecular weight excluding hydrogens is 158 g/mol. The van der Waals surface area contributed by atoms with Gasteiger partial charge in [0, 0.05) is 0 Å². The molecule has 2 aromatic rings. The molecule has 0 radical (unpaired) electrons. The Kier molecular flexibility index (Phi) is 1.00. The van der Waals surface area contributed by atoms with Crippen LogP contribution in [0.4, 0.5) is 0 Å². The van der Waals surface area contributed by atoms with E-state index in [1.54, 1.807) is 5.51 Å². The Balaban J connectivity index is 2.99. The molecule has 2 nitrogen and oxygen atoms in total. The average Bonchev–Trinajstić information content (AvgIpc) is 2.35. The van der Waals surface area contributed by atoms with E-state index in [1.807, 2.05) is 0 Å². The molecule has 2 rings (SSSR count). The van der Waals surface area contributed by atoms with E-state index in [1.165, 1.54) is 17.6 Å². The number of hydrogen-bond acceptors (Lipinski definition) is 3. The smallest absolute Gasteiger partial charge is 0.238 e. The molecule has 0 aliphatic heterocycles. The fraction of sp³-hybridized carbons (Fsp3) is 0. The van der Waals surface area contributed by atoms with E-state index < -0.39 is 0 Å². The van der Waals surface area contributed by atoms with Crippen LogP contribution in [0.2, 0.25) is 5.02 Å². The van der Waals surface area contributed by atoms with Gasteiger partial charge >= 0.3 is 0 Å². The fourth-order valence-electron chi connectivity index (χ4n) is 0.639. The molecule has 4 heteroatoms. The molecule has 0 bridgehead atoms. The van der Waals surface area contributed by atoms with E-state index in [-0.39, 0.29) is 0 Å². The summed E-state index contributed by atoms with van der Waals surface area (Å²) >= 11 is 7.17. The third-order valence-corrected chi connectivity index (χ3v) is 2.26. The second-order valence-electron chi connectivity index (χ2n) is 1.57. The summed E-state index contributed by atoms with van der Waals surface area (Å²) in [6.07, 6.45) is 1.50. The number of rotatable bonds is 0. The molecule has 0 N–H and O–H groups in total. The molecule has 9 heavy (non-hydrogen) atoms. The standard InChI is InChI=1S/C5H2ClNOS/c6-3-1-8-5-4(3)9-2-7-5/h1-2H. The number of furan rings is 1. The van der Waals surface area contributed by atoms with Crippen LogP contribution in [0.5, 0.6) is 0 Å². The number of aromatic nitrogens is 1. The first-order valence-corrected chi connectivity index (χ1v) is 3.60. The van der Waals surface area contributed by atoms with Gasteiger partial charge in [-0.05, 0) is 0 Å². The van der Waals surface area contributed by atoms with Crippen molar-refractivity contribution in [2.24, 2.45) is 0 Å². The molecule has 0 saturated carbocycles. The van der Waals surface area contributed by atoms with E-state index in [0.29, 0.717) is 10.7 Å². The van der Waals surface area contributed by atoms with E-state index in [9.17, 15) is 0 Å². The molecule has 0 amide bonds. The van der Waals surface area contributed by atoms with Gasteiger partial charge in [0.05, 0.1) is 10.5 Å². The lowest BCUT2D eigenvalue weighted by Gasteiger charge is -1.67. The zero-order valence-electron chi connectivity index (χ0n) is 4.30. The van der Waals surface area contributed by atoms with Crippen LogP contribution in [0.3, 0.4) is 0 Å². The minimum atomic E-state index is 0.630. The lowest BCUT2D eigenvalue weighted by atomic mass is 10.6. The molecule has 0 unspecified atom stereocenters. The first-order valence-electron chi connectivity index (χ1n) is 2.34. The van der Waals surface area contributed by atoms with Gasteiger partial charge in [-0.2, -0.15) is 0 Å². The summed E-state index contributed by atoms with van der Waals surface area (Å²) in [4.78, 5) is 3.91. The first-order chi connectivity index (χ1) is 4.38. The van der Waals surface area contributed by atoms with Crippen LogP contribution in [0, 0.1) is 0 Å². The predicted molar refractivity (Wildman–Crippen MR) is 36.9 cm³/mol. The molecule has 0 aliphatic rings. The summed E-state index contributed by atoms with van der Waals surface area (Å²) in [7, 11) is 0. The molecule has 2 aromatic heterocycles. The zero-order valence-corrected chi connectivity index (χ0v) is 5.87. The third-order valence-electron chi connectivity index (χ3n) is 1.03. The largest absolute Gasteiger partial charge is 0.444 e. The molecule has 0 fully saturated rings. The van der Waals surface area contributed by atoms with Gasteiger partial charge < -0.3 is 4.42 Å². The molecule has 0 aliphatic carbocycles. The zero-order chi connectivity index (χ0) is 6.27. The second kappa shape index (κ2) is 1.72. The highest BCUT2D eigenvalue weighted by Crippen LogP contribution is 2.27. The quantitative estimate of drug-likeness (QED) is 0.591. The SMILES string of the molecule is Clc1coc2ncsc12. The van der Waals surface area contributed by atoms with Gasteiger partial charge in [-0.25, -0.2) is 4.98 Å². The summed E-state index contributed by atoms with van der Waals surface area (Å²) in [6.45, 7) is 0. The van der Waals surface area contributed by atoms with Crippen molar-refractivity contribution in [2.75, 3.05) is 0 Å². The fourth-order valence-corrected chi connectivity index (χ4v) is 1.51. The van der Waals surface area contributed by atoms with E-state index >= 15 is 0 Å². The maximum atomic E-state index is 5.69. The molecule has 0 atom stereocenters. The normalized spacial score (nSPS) is 10.8. The van der Waals surface area contributed by atoms with Crippen molar-refractivity contribution in [1.29, 1.82) is 0 Å². The Hall–Kier alpha value is -0.540. The van der Waals surface area contributed by atoms with Crippen molar-refractivity contribution in [1.82, 2.24) is 4.98 Å². The number of halogens is 1. The highest BCUT2D eigenvalue weighted by molar-refractivity contribution is 7.17. The van der Waals surface area contributed by atoms with Crippen molar-refractivity contribution in [3.8, 4) is 0 Å². The van der Waals surface area contributed by atoms with Crippen molar-refractivity contribution in [3.63, 3.8) is 0 Å². The van der Waals surface area contributed by atoms with Crippen molar-refractivity contribution in [2.45, 2.75) is 0 Å². The lowest BCUT2D eigenvalue weighted by Crippen LogP contribution is -1.50. The third kappa shape index (κ3) is 0.653. The van der Waals surface area contributed by atoms with Crippen LogP contribution >= 0.6 is 22.9 Å². The Labute approximate surface area is 60.1 Å². The molecule has 2 heterocycles. The highest BCUT2D eigenvalue weighted by Gasteiger charge is 2.03. The van der Waals surface area contributed by atoms with Crippen LogP contribution in [-0.4, -0.2) is 4.98 Å². The minimum absolute atomic E-state index is 0.630. The number of nitrogens with zero attached hydrogens (tertiary/aromatic N) is 1. The monoisotopic (exact) mass is 159 g/mol. The van der Waals surface area contributed by atoms with Crippen LogP contribution in [0.25, 0.3) is 10.4 Å². The number of thiazole rings is 1. The summed E-state index contributed by atoms with van der Waals surface area (Å²) in [5, 5.41) is 0.646. The molecule has 46 valence electrons. The predicted octanol–water partition coefficient (Wildman–Crippen LogP) is 2.54. The Morgan fingerprint density at radius 1 is 1.67 bits per heavy atom. The molecule has 0 saturated heterocycles. The number of fused-ring (bicyclic) bond motifs is 1. The van der Waals surface area contributed by atoms with Gasteiger partial charge in [-0.1, -0.05) is 11.6 Å². The molecular formula is C5H2ClNOS. The lowest BCUT2D eigenvalue weighted by molar-refractivity contribution is 0.604. The molecule has 0 aromatic carbocycles. The Morgan fingerprint density at radius 3 is 3.33 bits per heavy atom. The van der Waals surface area contributed by atoms with Crippen molar-refractivity contribution >= 4 is 33.4 Å². The topological polar surface area (TPSA) is 26.0 Å².